The minimum Gasteiger partial charge on any atom is -0.295 e. The molecule has 1 aliphatic rings. The van der Waals surface area contributed by atoms with Crippen LogP contribution < -0.4 is 0 Å². The summed E-state index contributed by atoms with van der Waals surface area (Å²) in [4.78, 5) is 12.9. The zero-order chi connectivity index (χ0) is 24.2. The van der Waals surface area contributed by atoms with Gasteiger partial charge < -0.3 is 0 Å². The lowest BCUT2D eigenvalue weighted by molar-refractivity contribution is 0.211. The number of hydrogen-bond acceptors (Lipinski definition) is 3. The van der Waals surface area contributed by atoms with Gasteiger partial charge in [0.25, 0.3) is 0 Å². The van der Waals surface area contributed by atoms with Crippen LogP contribution in [0.2, 0.25) is 0 Å². The molecule has 0 bridgehead atoms. The standard InChI is InChI=1S/C31H41N3/c1-7-23-14-11-15-24(8-2)30(23)31-32-22(5)27(28(33-31)19-21(3)4)20-34(6)29-18-12-16-25-13-9-10-17-26(25)29/h9-11,13-15,17,21,29H,7-8,12,16,18-20H2,1-6H3. The lowest BCUT2D eigenvalue weighted by atomic mass is 9.86. The van der Waals surface area contributed by atoms with Crippen LogP contribution >= 0.6 is 0 Å². The molecular formula is C31H41N3. The van der Waals surface area contributed by atoms with Crippen molar-refractivity contribution in [1.82, 2.24) is 14.9 Å². The maximum atomic E-state index is 5.27. The van der Waals surface area contributed by atoms with Gasteiger partial charge in [-0.25, -0.2) is 9.97 Å². The van der Waals surface area contributed by atoms with Gasteiger partial charge in [0.15, 0.2) is 5.82 Å². The topological polar surface area (TPSA) is 29.0 Å². The molecule has 3 aromatic rings. The van der Waals surface area contributed by atoms with Gasteiger partial charge in [-0.3, -0.25) is 4.90 Å². The van der Waals surface area contributed by atoms with E-state index in [1.54, 1.807) is 0 Å². The molecule has 1 heterocycles. The van der Waals surface area contributed by atoms with E-state index in [1.807, 2.05) is 0 Å². The van der Waals surface area contributed by atoms with Crippen molar-refractivity contribution >= 4 is 0 Å². The van der Waals surface area contributed by atoms with Crippen molar-refractivity contribution in [2.45, 2.75) is 85.7 Å². The zero-order valence-electron chi connectivity index (χ0n) is 22.0. The summed E-state index contributed by atoms with van der Waals surface area (Å²) in [7, 11) is 2.28. The van der Waals surface area contributed by atoms with Crippen LogP contribution in [0.5, 0.6) is 0 Å². The quantitative estimate of drug-likeness (QED) is 0.357. The second kappa shape index (κ2) is 10.8. The predicted molar refractivity (Wildman–Crippen MR) is 143 cm³/mol. The molecule has 3 nitrogen and oxygen atoms in total. The molecule has 1 atom stereocenters. The molecule has 1 aromatic heterocycles. The van der Waals surface area contributed by atoms with Crippen molar-refractivity contribution in [2.24, 2.45) is 5.92 Å². The molecule has 4 rings (SSSR count). The SMILES string of the molecule is CCc1cccc(CC)c1-c1nc(C)c(CN(C)C2CCCc3ccccc32)c(CC(C)C)n1. The molecule has 3 heteroatoms. The summed E-state index contributed by atoms with van der Waals surface area (Å²) in [5, 5.41) is 0. The third-order valence-electron chi connectivity index (χ3n) is 7.40. The molecule has 0 amide bonds. The highest BCUT2D eigenvalue weighted by atomic mass is 15.1. The number of aromatic nitrogens is 2. The van der Waals surface area contributed by atoms with E-state index in [0.29, 0.717) is 12.0 Å². The average Bonchev–Trinajstić information content (AvgIpc) is 2.84. The highest BCUT2D eigenvalue weighted by molar-refractivity contribution is 5.65. The Hall–Kier alpha value is -2.52. The fraction of sp³-hybridized carbons (Fsp3) is 0.484. The molecule has 0 fully saturated rings. The van der Waals surface area contributed by atoms with Crippen molar-refractivity contribution in [1.29, 1.82) is 0 Å². The lowest BCUT2D eigenvalue weighted by Crippen LogP contribution is -2.28. The molecular weight excluding hydrogens is 414 g/mol. The Bertz CT molecular complexity index is 1110. The van der Waals surface area contributed by atoms with Crippen LogP contribution in [0.15, 0.2) is 42.5 Å². The van der Waals surface area contributed by atoms with Crippen LogP contribution in [0.25, 0.3) is 11.4 Å². The van der Waals surface area contributed by atoms with Crippen molar-refractivity contribution in [3.05, 3.63) is 81.7 Å². The minimum atomic E-state index is 0.462. The van der Waals surface area contributed by atoms with Gasteiger partial charge in [0, 0.05) is 35.1 Å². The molecule has 0 saturated carbocycles. The molecule has 0 spiro atoms. The van der Waals surface area contributed by atoms with Crippen LogP contribution in [0.3, 0.4) is 0 Å². The van der Waals surface area contributed by atoms with Crippen LogP contribution in [0.4, 0.5) is 0 Å². The highest BCUT2D eigenvalue weighted by Crippen LogP contribution is 2.35. The predicted octanol–water partition coefficient (Wildman–Crippen LogP) is 7.28. The molecule has 180 valence electrons. The summed E-state index contributed by atoms with van der Waals surface area (Å²) in [6.45, 7) is 12.1. The first-order valence-electron chi connectivity index (χ1n) is 13.2. The van der Waals surface area contributed by atoms with Crippen molar-refractivity contribution in [2.75, 3.05) is 7.05 Å². The molecule has 2 aromatic carbocycles. The average molecular weight is 456 g/mol. The Morgan fingerprint density at radius 2 is 1.68 bits per heavy atom. The minimum absolute atomic E-state index is 0.462. The van der Waals surface area contributed by atoms with Gasteiger partial charge >= 0.3 is 0 Å². The van der Waals surface area contributed by atoms with Gasteiger partial charge in [-0.15, -0.1) is 0 Å². The lowest BCUT2D eigenvalue weighted by Gasteiger charge is -2.34. The number of benzene rings is 2. The van der Waals surface area contributed by atoms with E-state index in [1.165, 1.54) is 58.3 Å². The van der Waals surface area contributed by atoms with E-state index in [0.717, 1.165) is 37.3 Å². The van der Waals surface area contributed by atoms with Crippen LogP contribution in [-0.2, 0) is 32.2 Å². The first-order valence-corrected chi connectivity index (χ1v) is 13.2. The maximum absolute atomic E-state index is 5.27. The van der Waals surface area contributed by atoms with Gasteiger partial charge in [-0.2, -0.15) is 0 Å². The molecule has 0 radical (unpaired) electrons. The number of rotatable bonds is 8. The van der Waals surface area contributed by atoms with E-state index in [9.17, 15) is 0 Å². The van der Waals surface area contributed by atoms with Gasteiger partial charge in [0.05, 0.1) is 0 Å². The third kappa shape index (κ3) is 5.10. The van der Waals surface area contributed by atoms with E-state index in [2.05, 4.69) is 89.0 Å². The van der Waals surface area contributed by atoms with Crippen molar-refractivity contribution in [3.8, 4) is 11.4 Å². The molecule has 1 aliphatic carbocycles. The maximum Gasteiger partial charge on any atom is 0.160 e. The number of fused-ring (bicyclic) bond motifs is 1. The van der Waals surface area contributed by atoms with Gasteiger partial charge in [-0.1, -0.05) is 70.2 Å². The number of nitrogens with zero attached hydrogens (tertiary/aromatic N) is 3. The van der Waals surface area contributed by atoms with Crippen LogP contribution in [0.1, 0.15) is 85.8 Å². The van der Waals surface area contributed by atoms with Gasteiger partial charge in [0.1, 0.15) is 0 Å². The molecule has 0 N–H and O–H groups in total. The molecule has 1 unspecified atom stereocenters. The molecule has 0 aliphatic heterocycles. The smallest absolute Gasteiger partial charge is 0.160 e. The second-order valence-electron chi connectivity index (χ2n) is 10.3. The molecule has 34 heavy (non-hydrogen) atoms. The highest BCUT2D eigenvalue weighted by Gasteiger charge is 2.25. The summed E-state index contributed by atoms with van der Waals surface area (Å²) in [5.41, 5.74) is 10.6. The van der Waals surface area contributed by atoms with Gasteiger partial charge in [0.2, 0.25) is 0 Å². The Morgan fingerprint density at radius 3 is 2.35 bits per heavy atom. The van der Waals surface area contributed by atoms with E-state index in [4.69, 9.17) is 9.97 Å². The van der Waals surface area contributed by atoms with Crippen molar-refractivity contribution in [3.63, 3.8) is 0 Å². The Labute approximate surface area is 206 Å². The monoisotopic (exact) mass is 455 g/mol. The summed E-state index contributed by atoms with van der Waals surface area (Å²) >= 11 is 0. The van der Waals surface area contributed by atoms with E-state index >= 15 is 0 Å². The largest absolute Gasteiger partial charge is 0.295 e. The first-order chi connectivity index (χ1) is 16.4. The number of hydrogen-bond donors (Lipinski definition) is 0. The Morgan fingerprint density at radius 1 is 0.971 bits per heavy atom. The molecule has 0 saturated heterocycles. The first kappa shape index (κ1) is 24.6. The normalized spacial score (nSPS) is 15.7. The van der Waals surface area contributed by atoms with E-state index < -0.39 is 0 Å². The summed E-state index contributed by atoms with van der Waals surface area (Å²) < 4.78 is 0. The number of aryl methyl sites for hydroxylation is 4. The second-order valence-corrected chi connectivity index (χ2v) is 10.3. The summed E-state index contributed by atoms with van der Waals surface area (Å²) in [6, 6.07) is 16.1. The third-order valence-corrected chi connectivity index (χ3v) is 7.40. The van der Waals surface area contributed by atoms with Crippen molar-refractivity contribution < 1.29 is 0 Å². The fourth-order valence-corrected chi connectivity index (χ4v) is 5.60. The summed E-state index contributed by atoms with van der Waals surface area (Å²) in [6.07, 6.45) is 6.65. The van der Waals surface area contributed by atoms with E-state index in [-0.39, 0.29) is 0 Å². The Kier molecular flexibility index (Phi) is 7.83. The van der Waals surface area contributed by atoms with Crippen LogP contribution in [0, 0.1) is 12.8 Å². The Balaban J connectivity index is 1.73. The van der Waals surface area contributed by atoms with Gasteiger partial charge in [-0.05, 0) is 80.7 Å². The summed E-state index contributed by atoms with van der Waals surface area (Å²) in [5.74, 6) is 1.46. The van der Waals surface area contributed by atoms with Crippen LogP contribution in [-0.4, -0.2) is 21.9 Å². The zero-order valence-corrected chi connectivity index (χ0v) is 22.0. The fourth-order valence-electron chi connectivity index (χ4n) is 5.60.